The first kappa shape index (κ1) is 21.7. The SMILES string of the molecule is COc1nc(OCC2CCC(F)(F)CC2)c(F)cc1CNC(=O)[C@@H]1CCCN1C. The molecule has 0 bridgehead atoms. The average molecular weight is 415 g/mol. The number of carbonyl (C=O) groups excluding carboxylic acids is 1. The van der Waals surface area contributed by atoms with Gasteiger partial charge in [0.1, 0.15) is 0 Å². The number of hydrogen-bond donors (Lipinski definition) is 1. The van der Waals surface area contributed by atoms with E-state index in [2.05, 4.69) is 10.3 Å². The summed E-state index contributed by atoms with van der Waals surface area (Å²) in [5.41, 5.74) is 0.406. The molecule has 2 aliphatic rings. The van der Waals surface area contributed by atoms with Crippen molar-refractivity contribution < 1.29 is 27.4 Å². The van der Waals surface area contributed by atoms with E-state index in [4.69, 9.17) is 9.47 Å². The van der Waals surface area contributed by atoms with E-state index >= 15 is 0 Å². The molecule has 2 fully saturated rings. The predicted molar refractivity (Wildman–Crippen MR) is 101 cm³/mol. The van der Waals surface area contributed by atoms with Gasteiger partial charge < -0.3 is 14.8 Å². The topological polar surface area (TPSA) is 63.7 Å². The van der Waals surface area contributed by atoms with Gasteiger partial charge in [-0.15, -0.1) is 0 Å². The molecule has 1 N–H and O–H groups in total. The summed E-state index contributed by atoms with van der Waals surface area (Å²) in [7, 11) is 3.31. The van der Waals surface area contributed by atoms with Gasteiger partial charge in [0.05, 0.1) is 19.8 Å². The summed E-state index contributed by atoms with van der Waals surface area (Å²) in [5.74, 6) is -3.50. The van der Waals surface area contributed by atoms with Crippen LogP contribution in [0.4, 0.5) is 13.2 Å². The molecule has 1 aliphatic heterocycles. The van der Waals surface area contributed by atoms with Crippen LogP contribution in [0.1, 0.15) is 44.1 Å². The van der Waals surface area contributed by atoms with E-state index in [1.807, 2.05) is 11.9 Å². The maximum absolute atomic E-state index is 14.4. The summed E-state index contributed by atoms with van der Waals surface area (Å²) < 4.78 is 51.6. The van der Waals surface area contributed by atoms with Crippen LogP contribution in [-0.2, 0) is 11.3 Å². The molecule has 0 radical (unpaired) electrons. The van der Waals surface area contributed by atoms with Gasteiger partial charge in [-0.25, -0.2) is 13.2 Å². The Labute approximate surface area is 168 Å². The standard InChI is InChI=1S/C20H28F3N3O3/c1-26-9-3-4-16(26)17(27)24-11-14-10-15(21)19(25-18(14)28-2)29-12-13-5-7-20(22,23)8-6-13/h10,13,16H,3-9,11-12H2,1-2H3,(H,24,27)/t16-/m0/s1. The van der Waals surface area contributed by atoms with Crippen molar-refractivity contribution in [2.45, 2.75) is 57.0 Å². The highest BCUT2D eigenvalue weighted by Crippen LogP contribution is 2.36. The number of methoxy groups -OCH3 is 1. The Kier molecular flexibility index (Phi) is 6.87. The van der Waals surface area contributed by atoms with E-state index in [0.717, 1.165) is 19.4 Å². The van der Waals surface area contributed by atoms with Crippen molar-refractivity contribution in [3.05, 3.63) is 17.4 Å². The third-order valence-electron chi connectivity index (χ3n) is 5.75. The fourth-order valence-electron chi connectivity index (χ4n) is 3.90. The molecule has 6 nitrogen and oxygen atoms in total. The number of hydrogen-bond acceptors (Lipinski definition) is 5. The number of nitrogens with zero attached hydrogens (tertiary/aromatic N) is 2. The first-order chi connectivity index (χ1) is 13.8. The van der Waals surface area contributed by atoms with Crippen LogP contribution in [-0.4, -0.2) is 55.1 Å². The second-order valence-electron chi connectivity index (χ2n) is 7.91. The fraction of sp³-hybridized carbons (Fsp3) is 0.700. The lowest BCUT2D eigenvalue weighted by atomic mass is 9.87. The van der Waals surface area contributed by atoms with E-state index in [1.165, 1.54) is 13.2 Å². The molecule has 9 heteroatoms. The summed E-state index contributed by atoms with van der Waals surface area (Å²) in [6.45, 7) is 1.10. The summed E-state index contributed by atoms with van der Waals surface area (Å²) in [4.78, 5) is 18.4. The van der Waals surface area contributed by atoms with Crippen LogP contribution < -0.4 is 14.8 Å². The van der Waals surface area contributed by atoms with Gasteiger partial charge in [-0.2, -0.15) is 4.98 Å². The van der Waals surface area contributed by atoms with E-state index in [9.17, 15) is 18.0 Å². The van der Waals surface area contributed by atoms with Crippen LogP contribution in [0.2, 0.25) is 0 Å². The van der Waals surface area contributed by atoms with Gasteiger partial charge in [-0.1, -0.05) is 0 Å². The molecule has 29 heavy (non-hydrogen) atoms. The van der Waals surface area contributed by atoms with Gasteiger partial charge in [0.15, 0.2) is 5.82 Å². The number of likely N-dealkylation sites (N-methyl/N-ethyl adjacent to an activating group) is 1. The first-order valence-electron chi connectivity index (χ1n) is 10.0. The van der Waals surface area contributed by atoms with Crippen LogP contribution in [0.15, 0.2) is 6.07 Å². The van der Waals surface area contributed by atoms with E-state index in [1.54, 1.807) is 0 Å². The lowest BCUT2D eigenvalue weighted by Crippen LogP contribution is -2.41. The summed E-state index contributed by atoms with van der Waals surface area (Å²) in [6.07, 6.45) is 2.10. The van der Waals surface area contributed by atoms with Gasteiger partial charge >= 0.3 is 0 Å². The zero-order valence-electron chi connectivity index (χ0n) is 16.8. The van der Waals surface area contributed by atoms with Crippen molar-refractivity contribution in [3.63, 3.8) is 0 Å². The highest BCUT2D eigenvalue weighted by Gasteiger charge is 2.35. The Morgan fingerprint density at radius 1 is 1.31 bits per heavy atom. The largest absolute Gasteiger partial charge is 0.481 e. The Balaban J connectivity index is 1.58. The summed E-state index contributed by atoms with van der Waals surface area (Å²) in [6, 6.07) is 1.05. The minimum absolute atomic E-state index is 0.0517. The van der Waals surface area contributed by atoms with Crippen LogP contribution in [0.3, 0.4) is 0 Å². The predicted octanol–water partition coefficient (Wildman–Crippen LogP) is 3.14. The molecule has 1 aromatic rings. The molecule has 0 unspecified atom stereocenters. The number of amides is 1. The molecular formula is C20H28F3N3O3. The summed E-state index contributed by atoms with van der Waals surface area (Å²) in [5, 5.41) is 2.80. The van der Waals surface area contributed by atoms with E-state index < -0.39 is 11.7 Å². The number of pyridine rings is 1. The molecule has 3 rings (SSSR count). The lowest BCUT2D eigenvalue weighted by Gasteiger charge is -2.28. The quantitative estimate of drug-likeness (QED) is 0.741. The molecular weight excluding hydrogens is 387 g/mol. The van der Waals surface area contributed by atoms with Crippen molar-refractivity contribution in [2.24, 2.45) is 5.92 Å². The molecule has 1 saturated heterocycles. The Bertz CT molecular complexity index is 722. The third-order valence-corrected chi connectivity index (χ3v) is 5.75. The second kappa shape index (κ2) is 9.19. The Morgan fingerprint density at radius 2 is 2.03 bits per heavy atom. The van der Waals surface area contributed by atoms with Crippen LogP contribution in [0, 0.1) is 11.7 Å². The van der Waals surface area contributed by atoms with Crippen molar-refractivity contribution >= 4 is 5.91 Å². The van der Waals surface area contributed by atoms with Crippen molar-refractivity contribution in [1.82, 2.24) is 15.2 Å². The zero-order valence-corrected chi connectivity index (χ0v) is 16.8. The van der Waals surface area contributed by atoms with Gasteiger partial charge in [-0.3, -0.25) is 9.69 Å². The number of aromatic nitrogens is 1. The molecule has 2 heterocycles. The number of carbonyl (C=O) groups is 1. The minimum Gasteiger partial charge on any atom is -0.481 e. The lowest BCUT2D eigenvalue weighted by molar-refractivity contribution is -0.125. The molecule has 1 aliphatic carbocycles. The van der Waals surface area contributed by atoms with Crippen molar-refractivity contribution in [2.75, 3.05) is 27.3 Å². The molecule has 1 atom stereocenters. The monoisotopic (exact) mass is 415 g/mol. The molecule has 1 aromatic heterocycles. The van der Waals surface area contributed by atoms with Crippen LogP contribution in [0.5, 0.6) is 11.8 Å². The maximum atomic E-state index is 14.4. The fourth-order valence-corrected chi connectivity index (χ4v) is 3.90. The van der Waals surface area contributed by atoms with Gasteiger partial charge in [-0.05, 0) is 51.3 Å². The van der Waals surface area contributed by atoms with Crippen molar-refractivity contribution in [1.29, 1.82) is 0 Å². The van der Waals surface area contributed by atoms with E-state index in [0.29, 0.717) is 18.4 Å². The maximum Gasteiger partial charge on any atom is 0.253 e. The molecule has 1 saturated carbocycles. The van der Waals surface area contributed by atoms with Crippen LogP contribution in [0.25, 0.3) is 0 Å². The Morgan fingerprint density at radius 3 is 2.66 bits per heavy atom. The number of likely N-dealkylation sites (tertiary alicyclic amines) is 1. The second-order valence-corrected chi connectivity index (χ2v) is 7.91. The molecule has 0 spiro atoms. The Hall–Kier alpha value is -2.03. The van der Waals surface area contributed by atoms with Gasteiger partial charge in [0, 0.05) is 24.9 Å². The molecule has 0 aromatic carbocycles. The number of nitrogens with one attached hydrogen (secondary N) is 1. The van der Waals surface area contributed by atoms with Gasteiger partial charge in [0.2, 0.25) is 17.7 Å². The first-order valence-corrected chi connectivity index (χ1v) is 10.0. The summed E-state index contributed by atoms with van der Waals surface area (Å²) >= 11 is 0. The minimum atomic E-state index is -2.61. The molecule has 1 amide bonds. The number of halogens is 3. The highest BCUT2D eigenvalue weighted by molar-refractivity contribution is 5.82. The van der Waals surface area contributed by atoms with E-state index in [-0.39, 0.29) is 55.6 Å². The molecule has 162 valence electrons. The average Bonchev–Trinajstić information content (AvgIpc) is 3.12. The number of rotatable bonds is 7. The normalized spacial score (nSPS) is 22.4. The number of alkyl halides is 2. The van der Waals surface area contributed by atoms with Crippen molar-refractivity contribution in [3.8, 4) is 11.8 Å². The zero-order chi connectivity index (χ0) is 21.0. The van der Waals surface area contributed by atoms with Gasteiger partial charge in [0.25, 0.3) is 5.88 Å². The van der Waals surface area contributed by atoms with Crippen LogP contribution >= 0.6 is 0 Å². The highest BCUT2D eigenvalue weighted by atomic mass is 19.3. The number of ether oxygens (including phenoxy) is 2. The third kappa shape index (κ3) is 5.52. The smallest absolute Gasteiger partial charge is 0.253 e.